The molecule has 0 aliphatic heterocycles. The molecule has 2 aromatic rings. The fraction of sp³-hybridized carbons (Fsp3) is 0.400. The van der Waals surface area contributed by atoms with E-state index in [1.165, 1.54) is 17.8 Å². The summed E-state index contributed by atoms with van der Waals surface area (Å²) in [4.78, 5) is -0.0433. The normalized spacial score (nSPS) is 14.9. The minimum Gasteiger partial charge on any atom is -0.274 e. The quantitative estimate of drug-likeness (QED) is 0.864. The number of halogens is 3. The number of aromatic nitrogens is 2. The van der Waals surface area contributed by atoms with Crippen LogP contribution in [0.5, 0.6) is 0 Å². The molecular formula is C15H16ClF2N3O2S. The Morgan fingerprint density at radius 1 is 1.42 bits per heavy atom. The molecule has 0 amide bonds. The summed E-state index contributed by atoms with van der Waals surface area (Å²) in [5.74, 6) is -2.02. The first-order chi connectivity index (χ1) is 11.2. The summed E-state index contributed by atoms with van der Waals surface area (Å²) in [6, 6.07) is 0.884. The number of benzene rings is 1. The third-order valence-electron chi connectivity index (χ3n) is 3.97. The van der Waals surface area contributed by atoms with E-state index in [-0.39, 0.29) is 21.4 Å². The molecule has 1 fully saturated rings. The zero-order valence-corrected chi connectivity index (χ0v) is 14.7. The Balaban J connectivity index is 2.04. The molecule has 1 saturated carbocycles. The predicted molar refractivity (Wildman–Crippen MR) is 86.8 cm³/mol. The number of hydrogen-bond donors (Lipinski definition) is 1. The van der Waals surface area contributed by atoms with E-state index in [0.717, 1.165) is 18.9 Å². The fourth-order valence-electron chi connectivity index (χ4n) is 2.40. The Labute approximate surface area is 143 Å². The standard InChI is InChI=1S/C15H16ClF2N3O2S/c1-3-21-7-12(14(19-21)9-4-5-9)24(22,23)20-15-11(17)6-10(16)8(2)13(15)18/h6-7,9,20H,3-5H2,1-2H3. The minimum absolute atomic E-state index is 0.0255. The maximum absolute atomic E-state index is 14.2. The van der Waals surface area contributed by atoms with Crippen LogP contribution in [0.1, 0.15) is 36.9 Å². The molecule has 1 aromatic heterocycles. The predicted octanol–water partition coefficient (Wildman–Crippen LogP) is 3.82. The van der Waals surface area contributed by atoms with Gasteiger partial charge in [-0.15, -0.1) is 0 Å². The summed E-state index contributed by atoms with van der Waals surface area (Å²) < 4.78 is 57.1. The zero-order chi connectivity index (χ0) is 17.6. The van der Waals surface area contributed by atoms with E-state index in [2.05, 4.69) is 5.10 Å². The summed E-state index contributed by atoms with van der Waals surface area (Å²) in [7, 11) is -4.17. The van der Waals surface area contributed by atoms with E-state index in [9.17, 15) is 17.2 Å². The average molecular weight is 376 g/mol. The van der Waals surface area contributed by atoms with Gasteiger partial charge in [-0.2, -0.15) is 5.10 Å². The Bertz CT molecular complexity index is 908. The molecule has 3 rings (SSSR count). The van der Waals surface area contributed by atoms with Gasteiger partial charge in [-0.3, -0.25) is 9.40 Å². The van der Waals surface area contributed by atoms with Crippen molar-refractivity contribution in [3.05, 3.63) is 40.2 Å². The molecule has 24 heavy (non-hydrogen) atoms. The van der Waals surface area contributed by atoms with E-state index < -0.39 is 27.3 Å². The van der Waals surface area contributed by atoms with Crippen LogP contribution in [0.4, 0.5) is 14.5 Å². The van der Waals surface area contributed by atoms with E-state index in [1.807, 2.05) is 11.6 Å². The average Bonchev–Trinajstić information content (AvgIpc) is 3.28. The molecular weight excluding hydrogens is 360 g/mol. The first-order valence-electron chi connectivity index (χ1n) is 7.48. The number of anilines is 1. The van der Waals surface area contributed by atoms with E-state index in [1.54, 1.807) is 0 Å². The van der Waals surface area contributed by atoms with Crippen molar-refractivity contribution >= 4 is 27.3 Å². The van der Waals surface area contributed by atoms with Crippen LogP contribution in [-0.2, 0) is 16.6 Å². The molecule has 0 spiro atoms. The smallest absolute Gasteiger partial charge is 0.265 e. The van der Waals surface area contributed by atoms with Crippen molar-refractivity contribution in [2.75, 3.05) is 4.72 Å². The molecule has 0 radical (unpaired) electrons. The summed E-state index contributed by atoms with van der Waals surface area (Å²) in [5, 5.41) is 4.16. The third-order valence-corrected chi connectivity index (χ3v) is 5.73. The number of aryl methyl sites for hydroxylation is 1. The highest BCUT2D eigenvalue weighted by Gasteiger charge is 2.34. The maximum atomic E-state index is 14.2. The van der Waals surface area contributed by atoms with Gasteiger partial charge in [0.15, 0.2) is 11.6 Å². The lowest BCUT2D eigenvalue weighted by atomic mass is 10.2. The van der Waals surface area contributed by atoms with Crippen LogP contribution in [0.15, 0.2) is 17.2 Å². The van der Waals surface area contributed by atoms with Gasteiger partial charge in [0.25, 0.3) is 10.0 Å². The van der Waals surface area contributed by atoms with Gasteiger partial charge < -0.3 is 0 Å². The van der Waals surface area contributed by atoms with Crippen molar-refractivity contribution in [2.45, 2.75) is 44.0 Å². The molecule has 1 aliphatic carbocycles. The second kappa shape index (κ2) is 6.00. The van der Waals surface area contributed by atoms with Crippen molar-refractivity contribution in [1.82, 2.24) is 9.78 Å². The van der Waals surface area contributed by atoms with Gasteiger partial charge in [0.1, 0.15) is 10.6 Å². The number of rotatable bonds is 5. The van der Waals surface area contributed by atoms with Gasteiger partial charge in [0, 0.05) is 29.2 Å². The molecule has 1 N–H and O–H groups in total. The summed E-state index contributed by atoms with van der Waals surface area (Å²) >= 11 is 5.71. The molecule has 0 atom stereocenters. The van der Waals surface area contributed by atoms with Gasteiger partial charge in [-0.1, -0.05) is 11.6 Å². The van der Waals surface area contributed by atoms with E-state index in [4.69, 9.17) is 11.6 Å². The highest BCUT2D eigenvalue weighted by atomic mass is 35.5. The number of nitrogens with zero attached hydrogens (tertiary/aromatic N) is 2. The molecule has 1 heterocycles. The van der Waals surface area contributed by atoms with Crippen LogP contribution >= 0.6 is 11.6 Å². The van der Waals surface area contributed by atoms with Crippen LogP contribution < -0.4 is 4.72 Å². The molecule has 5 nitrogen and oxygen atoms in total. The van der Waals surface area contributed by atoms with E-state index in [0.29, 0.717) is 12.2 Å². The fourth-order valence-corrected chi connectivity index (χ4v) is 3.89. The summed E-state index contributed by atoms with van der Waals surface area (Å²) in [6.45, 7) is 3.67. The van der Waals surface area contributed by atoms with Crippen molar-refractivity contribution in [2.24, 2.45) is 0 Å². The zero-order valence-electron chi connectivity index (χ0n) is 13.1. The molecule has 1 aromatic carbocycles. The first kappa shape index (κ1) is 17.2. The molecule has 1 aliphatic rings. The Morgan fingerprint density at radius 3 is 2.67 bits per heavy atom. The molecule has 9 heteroatoms. The Morgan fingerprint density at radius 2 is 2.08 bits per heavy atom. The van der Waals surface area contributed by atoms with Crippen molar-refractivity contribution in [3.63, 3.8) is 0 Å². The van der Waals surface area contributed by atoms with Gasteiger partial charge >= 0.3 is 0 Å². The topological polar surface area (TPSA) is 64.0 Å². The van der Waals surface area contributed by atoms with E-state index >= 15 is 0 Å². The Hall–Kier alpha value is -1.67. The largest absolute Gasteiger partial charge is 0.274 e. The lowest BCUT2D eigenvalue weighted by Crippen LogP contribution is -2.16. The molecule has 0 bridgehead atoms. The van der Waals surface area contributed by atoms with Gasteiger partial charge in [0.2, 0.25) is 0 Å². The van der Waals surface area contributed by atoms with Crippen LogP contribution in [0.2, 0.25) is 5.02 Å². The highest BCUT2D eigenvalue weighted by molar-refractivity contribution is 7.92. The summed E-state index contributed by atoms with van der Waals surface area (Å²) in [5.41, 5.74) is -0.318. The van der Waals surface area contributed by atoms with Crippen LogP contribution in [0.25, 0.3) is 0 Å². The van der Waals surface area contributed by atoms with Crippen molar-refractivity contribution in [1.29, 1.82) is 0 Å². The van der Waals surface area contributed by atoms with Gasteiger partial charge in [-0.25, -0.2) is 17.2 Å². The summed E-state index contributed by atoms with van der Waals surface area (Å²) in [6.07, 6.45) is 3.09. The number of nitrogens with one attached hydrogen (secondary N) is 1. The molecule has 0 saturated heterocycles. The lowest BCUT2D eigenvalue weighted by molar-refractivity contribution is 0.578. The highest BCUT2D eigenvalue weighted by Crippen LogP contribution is 2.42. The second-order valence-electron chi connectivity index (χ2n) is 5.77. The third kappa shape index (κ3) is 3.00. The van der Waals surface area contributed by atoms with Crippen molar-refractivity contribution in [3.8, 4) is 0 Å². The maximum Gasteiger partial charge on any atom is 0.265 e. The monoisotopic (exact) mass is 375 g/mol. The van der Waals surface area contributed by atoms with Crippen LogP contribution in [-0.4, -0.2) is 18.2 Å². The van der Waals surface area contributed by atoms with Gasteiger partial charge in [0.05, 0.1) is 5.69 Å². The number of hydrogen-bond acceptors (Lipinski definition) is 3. The van der Waals surface area contributed by atoms with Crippen LogP contribution in [0.3, 0.4) is 0 Å². The molecule has 0 unspecified atom stereocenters. The molecule has 130 valence electrons. The second-order valence-corrected chi connectivity index (χ2v) is 7.83. The lowest BCUT2D eigenvalue weighted by Gasteiger charge is -2.12. The van der Waals surface area contributed by atoms with Crippen LogP contribution in [0, 0.1) is 18.6 Å². The van der Waals surface area contributed by atoms with Gasteiger partial charge in [-0.05, 0) is 32.8 Å². The Kier molecular flexibility index (Phi) is 4.29. The minimum atomic E-state index is -4.17. The SMILES string of the molecule is CCn1cc(S(=O)(=O)Nc2c(F)cc(Cl)c(C)c2F)c(C2CC2)n1. The number of sulfonamides is 1. The first-order valence-corrected chi connectivity index (χ1v) is 9.35. The van der Waals surface area contributed by atoms with Crippen molar-refractivity contribution < 1.29 is 17.2 Å².